The molecule has 0 saturated heterocycles. The Bertz CT molecular complexity index is 429. The molecule has 1 saturated carbocycles. The highest BCUT2D eigenvalue weighted by molar-refractivity contribution is 5.54. The Labute approximate surface area is 115 Å². The summed E-state index contributed by atoms with van der Waals surface area (Å²) in [6.45, 7) is 4.17. The molecule has 5 nitrogen and oxygen atoms in total. The molecule has 0 spiro atoms. The topological polar surface area (TPSA) is 62.3 Å². The van der Waals surface area contributed by atoms with E-state index in [0.717, 1.165) is 31.4 Å². The number of rotatable bonds is 4. The van der Waals surface area contributed by atoms with Gasteiger partial charge in [0.1, 0.15) is 11.8 Å². The maximum atomic E-state index is 6.15. The maximum Gasteiger partial charge on any atom is 0.236 e. The first-order chi connectivity index (χ1) is 9.02. The zero-order valence-electron chi connectivity index (χ0n) is 12.3. The van der Waals surface area contributed by atoms with Gasteiger partial charge in [0, 0.05) is 20.6 Å². The largest absolute Gasteiger partial charge is 0.473 e. The molecule has 0 aromatic carbocycles. The summed E-state index contributed by atoms with van der Waals surface area (Å²) in [6, 6.07) is 0. The van der Waals surface area contributed by atoms with Crippen molar-refractivity contribution < 1.29 is 9.47 Å². The van der Waals surface area contributed by atoms with Crippen molar-refractivity contribution in [3.05, 3.63) is 5.69 Å². The van der Waals surface area contributed by atoms with Crippen LogP contribution in [0.25, 0.3) is 0 Å². The Balaban J connectivity index is 2.10. The third-order valence-electron chi connectivity index (χ3n) is 3.79. The van der Waals surface area contributed by atoms with Gasteiger partial charge >= 0.3 is 0 Å². The smallest absolute Gasteiger partial charge is 0.236 e. The molecular formula is C14H25N3O2. The average Bonchev–Trinajstić information content (AvgIpc) is 2.67. The van der Waals surface area contributed by atoms with Gasteiger partial charge < -0.3 is 15.2 Å². The van der Waals surface area contributed by atoms with Crippen LogP contribution >= 0.6 is 0 Å². The van der Waals surface area contributed by atoms with Crippen LogP contribution in [0.2, 0.25) is 0 Å². The molecular weight excluding hydrogens is 242 g/mol. The van der Waals surface area contributed by atoms with Gasteiger partial charge in [-0.3, -0.25) is 0 Å². The van der Waals surface area contributed by atoms with Crippen molar-refractivity contribution in [2.45, 2.75) is 57.7 Å². The molecule has 1 aromatic heterocycles. The Kier molecular flexibility index (Phi) is 4.34. The van der Waals surface area contributed by atoms with Crippen LogP contribution in [0.4, 0.5) is 5.69 Å². The van der Waals surface area contributed by atoms with Gasteiger partial charge in [-0.15, -0.1) is 0 Å². The third kappa shape index (κ3) is 3.03. The Morgan fingerprint density at radius 1 is 1.32 bits per heavy atom. The summed E-state index contributed by atoms with van der Waals surface area (Å²) in [7, 11) is 3.65. The number of nitrogens with two attached hydrogens (primary N) is 1. The van der Waals surface area contributed by atoms with E-state index in [1.54, 1.807) is 11.8 Å². The highest BCUT2D eigenvalue weighted by atomic mass is 16.5. The van der Waals surface area contributed by atoms with E-state index in [1.807, 2.05) is 7.05 Å². The minimum absolute atomic E-state index is 0.177. The van der Waals surface area contributed by atoms with Crippen molar-refractivity contribution in [1.29, 1.82) is 0 Å². The van der Waals surface area contributed by atoms with Crippen molar-refractivity contribution in [3.8, 4) is 5.88 Å². The van der Waals surface area contributed by atoms with Gasteiger partial charge in [0.05, 0.1) is 11.8 Å². The van der Waals surface area contributed by atoms with Crippen LogP contribution in [0.1, 0.15) is 51.1 Å². The molecule has 5 heteroatoms. The minimum Gasteiger partial charge on any atom is -0.473 e. The normalized spacial score (nSPS) is 23.8. The van der Waals surface area contributed by atoms with Crippen molar-refractivity contribution in [2.24, 2.45) is 7.05 Å². The molecule has 1 fully saturated rings. The summed E-state index contributed by atoms with van der Waals surface area (Å²) in [5.41, 5.74) is 7.74. The molecule has 0 amide bonds. The van der Waals surface area contributed by atoms with E-state index in [0.29, 0.717) is 23.6 Å². The lowest BCUT2D eigenvalue weighted by Crippen LogP contribution is -2.30. The second kappa shape index (κ2) is 5.82. The van der Waals surface area contributed by atoms with Crippen LogP contribution in [-0.2, 0) is 11.8 Å². The van der Waals surface area contributed by atoms with E-state index < -0.39 is 0 Å². The van der Waals surface area contributed by atoms with E-state index in [9.17, 15) is 0 Å². The second-order valence-corrected chi connectivity index (χ2v) is 5.65. The first-order valence-corrected chi connectivity index (χ1v) is 7.04. The fraction of sp³-hybridized carbons (Fsp3) is 0.786. The SMILES string of the molecule is COC1CCCC(Oc2c(N)c(C(C)C)nn2C)C1. The maximum absolute atomic E-state index is 6.15. The van der Waals surface area contributed by atoms with Gasteiger partial charge in [-0.2, -0.15) is 5.10 Å². The molecule has 1 aliphatic rings. The van der Waals surface area contributed by atoms with Gasteiger partial charge in [0.2, 0.25) is 5.88 Å². The molecule has 19 heavy (non-hydrogen) atoms. The molecule has 2 rings (SSSR count). The fourth-order valence-electron chi connectivity index (χ4n) is 2.69. The van der Waals surface area contributed by atoms with Crippen LogP contribution in [0.5, 0.6) is 5.88 Å². The number of hydrogen-bond donors (Lipinski definition) is 1. The van der Waals surface area contributed by atoms with Crippen LogP contribution in [0.15, 0.2) is 0 Å². The highest BCUT2D eigenvalue weighted by Gasteiger charge is 2.26. The van der Waals surface area contributed by atoms with Crippen molar-refractivity contribution in [2.75, 3.05) is 12.8 Å². The molecule has 2 atom stereocenters. The molecule has 0 radical (unpaired) electrons. The van der Waals surface area contributed by atoms with Gasteiger partial charge in [-0.1, -0.05) is 13.8 Å². The number of aryl methyl sites for hydroxylation is 1. The fourth-order valence-corrected chi connectivity index (χ4v) is 2.69. The molecule has 0 bridgehead atoms. The third-order valence-corrected chi connectivity index (χ3v) is 3.79. The summed E-state index contributed by atoms with van der Waals surface area (Å²) >= 11 is 0. The monoisotopic (exact) mass is 267 g/mol. The van der Waals surface area contributed by atoms with Gasteiger partial charge in [0.15, 0.2) is 0 Å². The molecule has 2 unspecified atom stereocenters. The minimum atomic E-state index is 0.177. The summed E-state index contributed by atoms with van der Waals surface area (Å²) < 4.78 is 13.3. The van der Waals surface area contributed by atoms with Crippen LogP contribution in [0, 0.1) is 0 Å². The summed E-state index contributed by atoms with van der Waals surface area (Å²) in [6.07, 6.45) is 4.72. The second-order valence-electron chi connectivity index (χ2n) is 5.65. The molecule has 108 valence electrons. The Hall–Kier alpha value is -1.23. The predicted molar refractivity (Wildman–Crippen MR) is 75.4 cm³/mol. The molecule has 1 aliphatic carbocycles. The number of hydrogen-bond acceptors (Lipinski definition) is 4. The molecule has 0 aliphatic heterocycles. The number of nitrogen functional groups attached to an aromatic ring is 1. The first kappa shape index (κ1) is 14.2. The first-order valence-electron chi connectivity index (χ1n) is 7.04. The lowest BCUT2D eigenvalue weighted by molar-refractivity contribution is 0.0184. The molecule has 1 heterocycles. The number of methoxy groups -OCH3 is 1. The van der Waals surface area contributed by atoms with Crippen molar-refractivity contribution in [3.63, 3.8) is 0 Å². The van der Waals surface area contributed by atoms with Crippen molar-refractivity contribution in [1.82, 2.24) is 9.78 Å². The standard InChI is InChI=1S/C14H25N3O2/c1-9(2)13-12(15)14(17(3)16-13)19-11-7-5-6-10(8-11)18-4/h9-11H,5-8,15H2,1-4H3. The van der Waals surface area contributed by atoms with Gasteiger partial charge in [-0.25, -0.2) is 4.68 Å². The highest BCUT2D eigenvalue weighted by Crippen LogP contribution is 2.32. The number of anilines is 1. The van der Waals surface area contributed by atoms with Crippen LogP contribution < -0.4 is 10.5 Å². The average molecular weight is 267 g/mol. The summed E-state index contributed by atoms with van der Waals surface area (Å²) in [4.78, 5) is 0. The quantitative estimate of drug-likeness (QED) is 0.910. The summed E-state index contributed by atoms with van der Waals surface area (Å²) in [5, 5.41) is 4.45. The Morgan fingerprint density at radius 2 is 2.00 bits per heavy atom. The van der Waals surface area contributed by atoms with E-state index in [2.05, 4.69) is 18.9 Å². The zero-order valence-corrected chi connectivity index (χ0v) is 12.3. The lowest BCUT2D eigenvalue weighted by atomic mass is 9.95. The summed E-state index contributed by atoms with van der Waals surface area (Å²) in [5.74, 6) is 1.01. The Morgan fingerprint density at radius 3 is 2.58 bits per heavy atom. The predicted octanol–water partition coefficient (Wildman–Crippen LogP) is 2.46. The van der Waals surface area contributed by atoms with E-state index in [-0.39, 0.29) is 6.10 Å². The van der Waals surface area contributed by atoms with E-state index in [1.165, 1.54) is 0 Å². The number of aromatic nitrogens is 2. The van der Waals surface area contributed by atoms with Gasteiger partial charge in [0.25, 0.3) is 0 Å². The zero-order chi connectivity index (χ0) is 14.0. The number of nitrogens with zero attached hydrogens (tertiary/aromatic N) is 2. The molecule has 1 aromatic rings. The van der Waals surface area contributed by atoms with E-state index >= 15 is 0 Å². The van der Waals surface area contributed by atoms with Crippen LogP contribution in [-0.4, -0.2) is 29.1 Å². The van der Waals surface area contributed by atoms with Gasteiger partial charge in [-0.05, 0) is 25.2 Å². The van der Waals surface area contributed by atoms with E-state index in [4.69, 9.17) is 15.2 Å². The van der Waals surface area contributed by atoms with Crippen molar-refractivity contribution >= 4 is 5.69 Å². The number of ether oxygens (including phenoxy) is 2. The van der Waals surface area contributed by atoms with Crippen LogP contribution in [0.3, 0.4) is 0 Å². The lowest BCUT2D eigenvalue weighted by Gasteiger charge is -2.28. The molecule has 2 N–H and O–H groups in total.